The maximum absolute atomic E-state index is 2.23. The van der Waals surface area contributed by atoms with Crippen LogP contribution in [0.1, 0.15) is 46.5 Å². The Morgan fingerprint density at radius 3 is 1.75 bits per heavy atom. The van der Waals surface area contributed by atoms with Crippen LogP contribution in [0.25, 0.3) is 0 Å². The summed E-state index contributed by atoms with van der Waals surface area (Å²) in [7, 11) is 2.09. The normalized spacial score (nSPS) is 9.25. The Balaban J connectivity index is 0.000000325. The van der Waals surface area contributed by atoms with Gasteiger partial charge in [-0.05, 0) is 19.1 Å². The average Bonchev–Trinajstić information content (AvgIpc) is 2.37. The van der Waals surface area contributed by atoms with Crippen LogP contribution in [0.2, 0.25) is 0 Å². The van der Waals surface area contributed by atoms with Gasteiger partial charge in [0.2, 0.25) is 0 Å². The first-order valence-electron chi connectivity index (χ1n) is 6.52. The molecule has 0 aliphatic carbocycles. The van der Waals surface area contributed by atoms with Crippen LogP contribution in [-0.4, -0.2) is 13.6 Å². The smallest absolute Gasteiger partial charge is 0.0363 e. The molecular formula is C15H27N. The fourth-order valence-corrected chi connectivity index (χ4v) is 1.37. The molecule has 0 unspecified atom stereocenters. The first-order valence-corrected chi connectivity index (χ1v) is 6.52. The fraction of sp³-hybridized carbons (Fsp3) is 0.600. The summed E-state index contributed by atoms with van der Waals surface area (Å²) >= 11 is 0. The second-order valence-corrected chi connectivity index (χ2v) is 4.06. The largest absolute Gasteiger partial charge is 0.375 e. The summed E-state index contributed by atoms with van der Waals surface area (Å²) in [5.74, 6) is 0. The lowest BCUT2D eigenvalue weighted by molar-refractivity contribution is 0.702. The molecule has 0 aromatic heterocycles. The number of nitrogens with zero attached hydrogens (tertiary/aromatic N) is 1. The van der Waals surface area contributed by atoms with E-state index in [1.807, 2.05) is 6.07 Å². The molecule has 0 saturated heterocycles. The molecule has 0 bridgehead atoms. The van der Waals surface area contributed by atoms with Crippen LogP contribution in [-0.2, 0) is 0 Å². The molecule has 0 heterocycles. The minimum absolute atomic E-state index is 1.06. The van der Waals surface area contributed by atoms with E-state index < -0.39 is 0 Å². The van der Waals surface area contributed by atoms with Gasteiger partial charge in [0.15, 0.2) is 0 Å². The third-order valence-corrected chi connectivity index (χ3v) is 2.63. The Bertz CT molecular complexity index is 226. The van der Waals surface area contributed by atoms with Crippen LogP contribution >= 0.6 is 0 Å². The van der Waals surface area contributed by atoms with E-state index in [9.17, 15) is 0 Å². The predicted molar refractivity (Wildman–Crippen MR) is 75.2 cm³/mol. The highest BCUT2D eigenvalue weighted by molar-refractivity contribution is 5.44. The van der Waals surface area contributed by atoms with Crippen molar-refractivity contribution in [3.05, 3.63) is 30.3 Å². The van der Waals surface area contributed by atoms with Crippen molar-refractivity contribution >= 4 is 5.69 Å². The minimum Gasteiger partial charge on any atom is -0.375 e. The highest BCUT2D eigenvalue weighted by Crippen LogP contribution is 2.09. The number of benzene rings is 1. The average molecular weight is 221 g/mol. The van der Waals surface area contributed by atoms with E-state index in [1.165, 1.54) is 31.4 Å². The molecule has 1 nitrogen and oxygen atoms in total. The van der Waals surface area contributed by atoms with Gasteiger partial charge in [0.1, 0.15) is 0 Å². The Hall–Kier alpha value is -0.980. The molecule has 0 saturated carbocycles. The molecule has 1 aromatic rings. The molecular weight excluding hydrogens is 194 g/mol. The van der Waals surface area contributed by atoms with E-state index in [4.69, 9.17) is 0 Å². The van der Waals surface area contributed by atoms with E-state index >= 15 is 0 Å². The third kappa shape index (κ3) is 7.33. The number of hydrogen-bond donors (Lipinski definition) is 0. The zero-order valence-electron chi connectivity index (χ0n) is 11.4. The molecule has 0 radical (unpaired) electrons. The van der Waals surface area contributed by atoms with Gasteiger partial charge in [0.05, 0.1) is 0 Å². The lowest BCUT2D eigenvalue weighted by atomic mass is 10.2. The van der Waals surface area contributed by atoms with Crippen LogP contribution in [0.3, 0.4) is 0 Å². The van der Waals surface area contributed by atoms with Crippen LogP contribution in [0.4, 0.5) is 5.69 Å². The predicted octanol–water partition coefficient (Wildman–Crippen LogP) is 4.73. The maximum Gasteiger partial charge on any atom is 0.0363 e. The summed E-state index contributed by atoms with van der Waals surface area (Å²) in [6, 6.07) is 10.4. The molecule has 0 N–H and O–H groups in total. The van der Waals surface area contributed by atoms with Crippen molar-refractivity contribution in [2.24, 2.45) is 0 Å². The van der Waals surface area contributed by atoms with Crippen molar-refractivity contribution in [2.75, 3.05) is 18.5 Å². The van der Waals surface area contributed by atoms with Crippen LogP contribution in [0.5, 0.6) is 0 Å². The summed E-state index contributed by atoms with van der Waals surface area (Å²) in [5.41, 5.74) is 1.28. The van der Waals surface area contributed by atoms with Crippen molar-refractivity contribution in [1.29, 1.82) is 0 Å². The number of rotatable bonds is 5. The maximum atomic E-state index is 2.23. The highest BCUT2D eigenvalue weighted by atomic mass is 15.1. The molecule has 0 spiro atoms. The lowest BCUT2D eigenvalue weighted by Crippen LogP contribution is -2.15. The summed E-state index contributed by atoms with van der Waals surface area (Å²) in [6.45, 7) is 7.67. The van der Waals surface area contributed by atoms with Gasteiger partial charge in [-0.1, -0.05) is 57.7 Å². The molecule has 1 aromatic carbocycles. The highest BCUT2D eigenvalue weighted by Gasteiger charge is 1.92. The number of unbranched alkanes of at least 4 members (excludes halogenated alkanes) is 3. The Kier molecular flexibility index (Phi) is 9.89. The zero-order chi connectivity index (χ0) is 12.2. The van der Waals surface area contributed by atoms with Gasteiger partial charge in [-0.15, -0.1) is 0 Å². The Morgan fingerprint density at radius 1 is 0.875 bits per heavy atom. The van der Waals surface area contributed by atoms with Gasteiger partial charge < -0.3 is 4.90 Å². The summed E-state index contributed by atoms with van der Waals surface area (Å²) in [4.78, 5) is 2.21. The first kappa shape index (κ1) is 15.0. The summed E-state index contributed by atoms with van der Waals surface area (Å²) in [5, 5.41) is 0. The standard InChI is InChI=1S/C9H13N.C6H14/c1-3-10(2)9-7-5-4-6-8-9;1-3-5-6-4-2/h4-8H,3H2,1-2H3;3-6H2,1-2H3. The molecule has 1 heteroatoms. The van der Waals surface area contributed by atoms with Crippen molar-refractivity contribution in [1.82, 2.24) is 0 Å². The van der Waals surface area contributed by atoms with Crippen molar-refractivity contribution in [3.63, 3.8) is 0 Å². The van der Waals surface area contributed by atoms with Gasteiger partial charge in [0.25, 0.3) is 0 Å². The second-order valence-electron chi connectivity index (χ2n) is 4.06. The van der Waals surface area contributed by atoms with Crippen LogP contribution in [0.15, 0.2) is 30.3 Å². The number of para-hydroxylation sites is 1. The van der Waals surface area contributed by atoms with E-state index in [2.05, 4.69) is 57.0 Å². The second kappa shape index (κ2) is 10.5. The molecule has 0 aliphatic rings. The minimum atomic E-state index is 1.06. The van der Waals surface area contributed by atoms with Crippen molar-refractivity contribution < 1.29 is 0 Å². The van der Waals surface area contributed by atoms with E-state index in [1.54, 1.807) is 0 Å². The SMILES string of the molecule is CCCCCC.CCN(C)c1ccccc1. The van der Waals surface area contributed by atoms with Gasteiger partial charge in [0, 0.05) is 19.3 Å². The quantitative estimate of drug-likeness (QED) is 0.650. The number of anilines is 1. The molecule has 0 atom stereocenters. The third-order valence-electron chi connectivity index (χ3n) is 2.63. The molecule has 1 rings (SSSR count). The van der Waals surface area contributed by atoms with Crippen molar-refractivity contribution in [3.8, 4) is 0 Å². The monoisotopic (exact) mass is 221 g/mol. The molecule has 16 heavy (non-hydrogen) atoms. The molecule has 0 amide bonds. The Labute approximate surface area is 101 Å². The Morgan fingerprint density at radius 2 is 1.38 bits per heavy atom. The summed E-state index contributed by atoms with van der Waals surface area (Å²) < 4.78 is 0. The van der Waals surface area contributed by atoms with Gasteiger partial charge >= 0.3 is 0 Å². The van der Waals surface area contributed by atoms with Gasteiger partial charge in [-0.3, -0.25) is 0 Å². The molecule has 92 valence electrons. The molecule has 0 aliphatic heterocycles. The van der Waals surface area contributed by atoms with E-state index in [0.29, 0.717) is 0 Å². The van der Waals surface area contributed by atoms with Gasteiger partial charge in [-0.2, -0.15) is 0 Å². The fourth-order valence-electron chi connectivity index (χ4n) is 1.37. The van der Waals surface area contributed by atoms with Crippen molar-refractivity contribution in [2.45, 2.75) is 46.5 Å². The van der Waals surface area contributed by atoms with Gasteiger partial charge in [-0.25, -0.2) is 0 Å². The lowest BCUT2D eigenvalue weighted by Gasteiger charge is -2.15. The van der Waals surface area contributed by atoms with Crippen LogP contribution < -0.4 is 4.90 Å². The molecule has 0 fully saturated rings. The topological polar surface area (TPSA) is 3.24 Å². The first-order chi connectivity index (χ1) is 7.76. The number of hydrogen-bond acceptors (Lipinski definition) is 1. The van der Waals surface area contributed by atoms with E-state index in [-0.39, 0.29) is 0 Å². The van der Waals surface area contributed by atoms with E-state index in [0.717, 1.165) is 6.54 Å². The summed E-state index contributed by atoms with van der Waals surface area (Å²) in [6.07, 6.45) is 5.54. The van der Waals surface area contributed by atoms with Crippen LogP contribution in [0, 0.1) is 0 Å². The zero-order valence-corrected chi connectivity index (χ0v) is 11.4.